The highest BCUT2D eigenvalue weighted by atomic mass is 35.5. The fraction of sp³-hybridized carbons (Fsp3) is 1.00. The van der Waals surface area contributed by atoms with Crippen molar-refractivity contribution in [3.8, 4) is 0 Å². The SMILES string of the molecule is [2H]C1([2H])CCOP(=O)(N(C([2H])([2H])CCl)C([2H])([2H])CCl)N1. The first-order chi connectivity index (χ1) is 8.90. The molecule has 1 aliphatic rings. The van der Waals surface area contributed by atoms with Gasteiger partial charge in [-0.25, -0.2) is 9.76 Å². The molecule has 84 valence electrons. The van der Waals surface area contributed by atoms with E-state index in [9.17, 15) is 4.57 Å². The van der Waals surface area contributed by atoms with Crippen LogP contribution < -0.4 is 5.09 Å². The summed E-state index contributed by atoms with van der Waals surface area (Å²) in [7, 11) is -4.33. The van der Waals surface area contributed by atoms with Gasteiger partial charge in [-0.1, -0.05) is 0 Å². The van der Waals surface area contributed by atoms with E-state index in [1.807, 2.05) is 5.09 Å². The third-order valence-electron chi connectivity index (χ3n) is 1.40. The van der Waals surface area contributed by atoms with E-state index in [1.54, 1.807) is 0 Å². The summed E-state index contributed by atoms with van der Waals surface area (Å²) in [6, 6.07) is 0. The van der Waals surface area contributed by atoms with Crippen LogP contribution in [0, 0.1) is 0 Å². The molecule has 1 saturated heterocycles. The van der Waals surface area contributed by atoms with E-state index in [0.717, 1.165) is 0 Å². The van der Waals surface area contributed by atoms with Gasteiger partial charge in [-0.15, -0.1) is 23.2 Å². The summed E-state index contributed by atoms with van der Waals surface area (Å²) in [5, 5.41) is 2.05. The summed E-state index contributed by atoms with van der Waals surface area (Å²) < 4.78 is 64.0. The molecular formula is C7H15Cl2N2O2P. The minimum absolute atomic E-state index is 0.0986. The Balaban J connectivity index is 3.27. The Bertz CT molecular complexity index is 397. The van der Waals surface area contributed by atoms with Crippen molar-refractivity contribution in [3.63, 3.8) is 0 Å². The van der Waals surface area contributed by atoms with Gasteiger partial charge in [0.1, 0.15) is 0 Å². The Kier molecular flexibility index (Phi) is 2.90. The first kappa shape index (κ1) is 6.43. The van der Waals surface area contributed by atoms with Crippen LogP contribution in [0.5, 0.6) is 0 Å². The Morgan fingerprint density at radius 2 is 2.21 bits per heavy atom. The topological polar surface area (TPSA) is 41.6 Å². The lowest BCUT2D eigenvalue weighted by molar-refractivity contribution is 0.233. The molecule has 0 radical (unpaired) electrons. The molecule has 0 bridgehead atoms. The third kappa shape index (κ3) is 3.37. The Labute approximate surface area is 103 Å². The second-order valence-electron chi connectivity index (χ2n) is 2.29. The molecule has 0 spiro atoms. The van der Waals surface area contributed by atoms with E-state index in [2.05, 4.69) is 0 Å². The van der Waals surface area contributed by atoms with Gasteiger partial charge in [0.15, 0.2) is 0 Å². The van der Waals surface area contributed by atoms with Crippen LogP contribution in [0.1, 0.15) is 14.6 Å². The summed E-state index contributed by atoms with van der Waals surface area (Å²) in [6.45, 7) is -7.41. The smallest absolute Gasteiger partial charge is 0.306 e. The number of nitrogens with zero attached hydrogens (tertiary/aromatic N) is 1. The van der Waals surface area contributed by atoms with Crippen LogP contribution in [-0.2, 0) is 9.09 Å². The highest BCUT2D eigenvalue weighted by Gasteiger charge is 2.32. The maximum absolute atomic E-state index is 12.7. The fourth-order valence-corrected chi connectivity index (χ4v) is 2.72. The van der Waals surface area contributed by atoms with E-state index in [-0.39, 0.29) is 17.7 Å². The standard InChI is InChI=1S/C7H15Cl2N2O2P/c8-2-5-11(6-3-9)14(12)10-4-1-7-13-14/h1-7H2,(H,10,12)/i4D2,5D2,6D2. The third-order valence-corrected chi connectivity index (χ3v) is 3.42. The minimum Gasteiger partial charge on any atom is -0.306 e. The number of hydrogen-bond acceptors (Lipinski definition) is 2. The molecule has 1 fully saturated rings. The summed E-state index contributed by atoms with van der Waals surface area (Å²) in [5.41, 5.74) is 0. The molecular weight excluding hydrogens is 246 g/mol. The molecule has 1 heterocycles. The van der Waals surface area contributed by atoms with Crippen LogP contribution in [0.25, 0.3) is 0 Å². The summed E-state index contributed by atoms with van der Waals surface area (Å²) in [5.74, 6) is -1.39. The largest absolute Gasteiger partial charge is 0.343 e. The van der Waals surface area contributed by atoms with Gasteiger partial charge in [0.05, 0.1) is 6.61 Å². The van der Waals surface area contributed by atoms with Gasteiger partial charge in [-0.2, -0.15) is 0 Å². The zero-order valence-corrected chi connectivity index (χ0v) is 9.70. The van der Waals surface area contributed by atoms with E-state index in [0.29, 0.717) is 0 Å². The first-order valence-corrected chi connectivity index (χ1v) is 6.52. The molecule has 1 aliphatic heterocycles. The lowest BCUT2D eigenvalue weighted by Gasteiger charge is -2.33. The predicted molar refractivity (Wildman–Crippen MR) is 59.2 cm³/mol. The highest BCUT2D eigenvalue weighted by molar-refractivity contribution is 7.54. The monoisotopic (exact) mass is 266 g/mol. The molecule has 0 aromatic carbocycles. The van der Waals surface area contributed by atoms with Crippen LogP contribution >= 0.6 is 30.9 Å². The van der Waals surface area contributed by atoms with Crippen LogP contribution in [0.4, 0.5) is 0 Å². The van der Waals surface area contributed by atoms with E-state index < -0.39 is 38.9 Å². The molecule has 0 saturated carbocycles. The second-order valence-corrected chi connectivity index (χ2v) is 4.74. The van der Waals surface area contributed by atoms with E-state index in [1.165, 1.54) is 0 Å². The fourth-order valence-electron chi connectivity index (χ4n) is 0.872. The van der Waals surface area contributed by atoms with Crippen LogP contribution in [0.2, 0.25) is 0 Å². The van der Waals surface area contributed by atoms with Gasteiger partial charge in [0, 0.05) is 39.5 Å². The molecule has 14 heavy (non-hydrogen) atoms. The number of halogens is 2. The lowest BCUT2D eigenvalue weighted by atomic mass is 10.5. The number of rotatable bonds is 5. The molecule has 1 atom stereocenters. The maximum Gasteiger partial charge on any atom is 0.343 e. The van der Waals surface area contributed by atoms with Crippen molar-refractivity contribution in [3.05, 3.63) is 0 Å². The molecule has 0 aromatic heterocycles. The summed E-state index contributed by atoms with van der Waals surface area (Å²) in [6.07, 6.45) is -0.0986. The van der Waals surface area contributed by atoms with Crippen molar-refractivity contribution in [1.29, 1.82) is 0 Å². The van der Waals surface area contributed by atoms with E-state index >= 15 is 0 Å². The zero-order chi connectivity index (χ0) is 15.8. The quantitative estimate of drug-likeness (QED) is 0.610. The Hall–Kier alpha value is 0.690. The minimum atomic E-state index is -4.33. The highest BCUT2D eigenvalue weighted by Crippen LogP contribution is 2.47. The van der Waals surface area contributed by atoms with Crippen molar-refractivity contribution in [1.82, 2.24) is 9.76 Å². The molecule has 7 heteroatoms. The number of nitrogens with one attached hydrogen (secondary N) is 1. The van der Waals surface area contributed by atoms with Gasteiger partial charge >= 0.3 is 7.67 Å². The average Bonchev–Trinajstić information content (AvgIpc) is 2.26. The van der Waals surface area contributed by atoms with Crippen LogP contribution in [-0.4, -0.2) is 42.5 Å². The van der Waals surface area contributed by atoms with Gasteiger partial charge in [0.2, 0.25) is 0 Å². The maximum atomic E-state index is 12.7. The summed E-state index contributed by atoms with van der Waals surface area (Å²) >= 11 is 11.0. The van der Waals surface area contributed by atoms with Crippen molar-refractivity contribution in [2.45, 2.75) is 6.42 Å². The Morgan fingerprint density at radius 3 is 2.71 bits per heavy atom. The molecule has 0 aromatic rings. The van der Waals surface area contributed by atoms with Crippen molar-refractivity contribution in [2.24, 2.45) is 0 Å². The van der Waals surface area contributed by atoms with E-state index in [4.69, 9.17) is 36.0 Å². The van der Waals surface area contributed by atoms with Crippen molar-refractivity contribution >= 4 is 30.9 Å². The van der Waals surface area contributed by atoms with Gasteiger partial charge in [0.25, 0.3) is 0 Å². The molecule has 0 amide bonds. The van der Waals surface area contributed by atoms with Crippen molar-refractivity contribution in [2.75, 3.05) is 37.9 Å². The van der Waals surface area contributed by atoms with Crippen LogP contribution in [0.3, 0.4) is 0 Å². The predicted octanol–water partition coefficient (Wildman–Crippen LogP) is 1.88. The normalized spacial score (nSPS) is 40.2. The van der Waals surface area contributed by atoms with Gasteiger partial charge in [-0.05, 0) is 6.42 Å². The molecule has 4 nitrogen and oxygen atoms in total. The molecule has 1 N–H and O–H groups in total. The summed E-state index contributed by atoms with van der Waals surface area (Å²) in [4.78, 5) is 0. The van der Waals surface area contributed by atoms with Gasteiger partial charge in [-0.3, -0.25) is 4.57 Å². The number of alkyl halides is 2. The van der Waals surface area contributed by atoms with Crippen LogP contribution in [0.15, 0.2) is 0 Å². The lowest BCUT2D eigenvalue weighted by Crippen LogP contribution is -2.35. The van der Waals surface area contributed by atoms with Crippen molar-refractivity contribution < 1.29 is 17.3 Å². The molecule has 0 aliphatic carbocycles. The van der Waals surface area contributed by atoms with Gasteiger partial charge < -0.3 is 4.52 Å². The molecule has 1 rings (SSSR count). The first-order valence-electron chi connectivity index (χ1n) is 6.87. The Morgan fingerprint density at radius 1 is 1.57 bits per heavy atom. The second kappa shape index (κ2) is 6.31. The zero-order valence-electron chi connectivity index (χ0n) is 13.3. The molecule has 1 unspecified atom stereocenters. The average molecular weight is 267 g/mol. The number of hydrogen-bond donors (Lipinski definition) is 1.